The summed E-state index contributed by atoms with van der Waals surface area (Å²) in [5.74, 6) is 1.84. The molecule has 7 nitrogen and oxygen atoms in total. The summed E-state index contributed by atoms with van der Waals surface area (Å²) in [5, 5.41) is 12.9. The highest BCUT2D eigenvalue weighted by Gasteiger charge is 2.17. The van der Waals surface area contributed by atoms with E-state index in [9.17, 15) is 5.11 Å². The third kappa shape index (κ3) is 4.22. The lowest BCUT2D eigenvalue weighted by Gasteiger charge is -2.23. The molecule has 7 heteroatoms. The summed E-state index contributed by atoms with van der Waals surface area (Å²) in [5.41, 5.74) is 0. The Kier molecular flexibility index (Phi) is 6.31. The largest absolute Gasteiger partial charge is 0.490 e. The lowest BCUT2D eigenvalue weighted by molar-refractivity contribution is 0.0693. The van der Waals surface area contributed by atoms with Gasteiger partial charge in [-0.3, -0.25) is 0 Å². The summed E-state index contributed by atoms with van der Waals surface area (Å²) >= 11 is 0. The summed E-state index contributed by atoms with van der Waals surface area (Å²) in [7, 11) is 4.96. The molecule has 0 fully saturated rings. The number of aliphatic hydroxyl groups excluding tert-OH is 1. The molecule has 0 bridgehead atoms. The fourth-order valence-corrected chi connectivity index (χ4v) is 1.77. The van der Waals surface area contributed by atoms with Crippen LogP contribution in [0.2, 0.25) is 0 Å². The molecule has 0 amide bonds. The third-order valence-electron chi connectivity index (χ3n) is 2.54. The Morgan fingerprint density at radius 1 is 1.42 bits per heavy atom. The van der Waals surface area contributed by atoms with E-state index in [1.165, 1.54) is 6.33 Å². The van der Waals surface area contributed by atoms with Crippen molar-refractivity contribution in [1.29, 1.82) is 0 Å². The van der Waals surface area contributed by atoms with Crippen molar-refractivity contribution in [3.63, 3.8) is 0 Å². The van der Waals surface area contributed by atoms with E-state index in [-0.39, 0.29) is 6.61 Å². The van der Waals surface area contributed by atoms with Gasteiger partial charge in [-0.05, 0) is 6.92 Å². The molecule has 2 N–H and O–H groups in total. The van der Waals surface area contributed by atoms with E-state index in [1.54, 1.807) is 14.2 Å². The average Bonchev–Trinajstić information content (AvgIpc) is 2.39. The second-order valence-corrected chi connectivity index (χ2v) is 4.10. The van der Waals surface area contributed by atoms with Crippen LogP contribution >= 0.6 is 0 Å². The first-order chi connectivity index (χ1) is 9.13. The van der Waals surface area contributed by atoms with Crippen LogP contribution in [0.25, 0.3) is 0 Å². The van der Waals surface area contributed by atoms with Crippen LogP contribution in [0.4, 0.5) is 11.6 Å². The Bertz CT molecular complexity index is 389. The highest BCUT2D eigenvalue weighted by Crippen LogP contribution is 2.31. The van der Waals surface area contributed by atoms with Gasteiger partial charge in [0.2, 0.25) is 5.75 Å². The molecule has 1 heterocycles. The maximum absolute atomic E-state index is 9.75. The smallest absolute Gasteiger partial charge is 0.204 e. The predicted octanol–water partition coefficient (Wildman–Crippen LogP) is 0.360. The Morgan fingerprint density at radius 3 is 2.74 bits per heavy atom. The highest BCUT2D eigenvalue weighted by molar-refractivity contribution is 5.64. The van der Waals surface area contributed by atoms with E-state index in [1.807, 2.05) is 18.9 Å². The van der Waals surface area contributed by atoms with Gasteiger partial charge in [-0.1, -0.05) is 0 Å². The molecule has 0 aliphatic heterocycles. The number of anilines is 2. The van der Waals surface area contributed by atoms with Crippen LogP contribution in [0.1, 0.15) is 6.92 Å². The molecule has 0 aliphatic carbocycles. The first-order valence-corrected chi connectivity index (χ1v) is 6.15. The number of aliphatic hydroxyl groups is 1. The lowest BCUT2D eigenvalue weighted by Crippen LogP contribution is -2.32. The van der Waals surface area contributed by atoms with E-state index in [4.69, 9.17) is 9.47 Å². The molecule has 0 saturated carbocycles. The first-order valence-electron chi connectivity index (χ1n) is 6.15. The van der Waals surface area contributed by atoms with Gasteiger partial charge in [0.15, 0.2) is 11.6 Å². The summed E-state index contributed by atoms with van der Waals surface area (Å²) in [6, 6.07) is 0. The Morgan fingerprint density at radius 2 is 2.16 bits per heavy atom. The molecule has 0 aliphatic rings. The summed E-state index contributed by atoms with van der Waals surface area (Å²) < 4.78 is 10.3. The fourth-order valence-electron chi connectivity index (χ4n) is 1.77. The third-order valence-corrected chi connectivity index (χ3v) is 2.54. The summed E-state index contributed by atoms with van der Waals surface area (Å²) in [4.78, 5) is 10.2. The number of aromatic nitrogens is 2. The second kappa shape index (κ2) is 7.75. The monoisotopic (exact) mass is 270 g/mol. The maximum atomic E-state index is 9.75. The van der Waals surface area contributed by atoms with Crippen LogP contribution in [0.3, 0.4) is 0 Å². The first kappa shape index (κ1) is 15.5. The van der Waals surface area contributed by atoms with Gasteiger partial charge in [0, 0.05) is 27.2 Å². The molecule has 1 unspecified atom stereocenters. The molecular weight excluding hydrogens is 248 g/mol. The zero-order valence-corrected chi connectivity index (χ0v) is 11.9. The Hall–Kier alpha value is -1.60. The molecule has 1 aromatic heterocycles. The van der Waals surface area contributed by atoms with Gasteiger partial charge in [0.25, 0.3) is 0 Å². The van der Waals surface area contributed by atoms with Crippen molar-refractivity contribution in [3.8, 4) is 5.75 Å². The van der Waals surface area contributed by atoms with Crippen LogP contribution in [0.5, 0.6) is 5.75 Å². The van der Waals surface area contributed by atoms with Gasteiger partial charge < -0.3 is 24.8 Å². The van der Waals surface area contributed by atoms with Crippen LogP contribution < -0.4 is 15.0 Å². The molecule has 1 aromatic rings. The van der Waals surface area contributed by atoms with Crippen molar-refractivity contribution in [2.24, 2.45) is 0 Å². The standard InChI is InChI=1S/C12H22N4O3/c1-5-13-11-10(19-4)12(15-8-14-11)16(2)6-9(17)7-18-3/h8-9,17H,5-7H2,1-4H3,(H,13,14,15). The molecule has 1 rings (SSSR count). The fraction of sp³-hybridized carbons (Fsp3) is 0.667. The summed E-state index contributed by atoms with van der Waals surface area (Å²) in [6.45, 7) is 3.39. The topological polar surface area (TPSA) is 79.7 Å². The second-order valence-electron chi connectivity index (χ2n) is 4.10. The molecule has 0 spiro atoms. The van der Waals surface area contributed by atoms with Gasteiger partial charge in [-0.25, -0.2) is 9.97 Å². The zero-order valence-electron chi connectivity index (χ0n) is 11.9. The number of hydrogen-bond acceptors (Lipinski definition) is 7. The van der Waals surface area contributed by atoms with Crippen LogP contribution in [-0.2, 0) is 4.74 Å². The number of nitrogens with one attached hydrogen (secondary N) is 1. The summed E-state index contributed by atoms with van der Waals surface area (Å²) in [6.07, 6.45) is 0.881. The average molecular weight is 270 g/mol. The van der Waals surface area contributed by atoms with Gasteiger partial charge in [-0.15, -0.1) is 0 Å². The molecular formula is C12H22N4O3. The SMILES string of the molecule is CCNc1ncnc(N(C)CC(O)COC)c1OC. The van der Waals surface area contributed by atoms with E-state index >= 15 is 0 Å². The number of likely N-dealkylation sites (N-methyl/N-ethyl adjacent to an activating group) is 1. The zero-order chi connectivity index (χ0) is 14.3. The van der Waals surface area contributed by atoms with Crippen LogP contribution in [-0.4, -0.2) is 62.1 Å². The van der Waals surface area contributed by atoms with Crippen molar-refractivity contribution in [3.05, 3.63) is 6.33 Å². The molecule has 0 saturated heterocycles. The maximum Gasteiger partial charge on any atom is 0.204 e. The van der Waals surface area contributed by atoms with Crippen LogP contribution in [0.15, 0.2) is 6.33 Å². The molecule has 108 valence electrons. The van der Waals surface area contributed by atoms with Gasteiger partial charge in [0.05, 0.1) is 19.8 Å². The van der Waals surface area contributed by atoms with E-state index in [0.717, 1.165) is 6.54 Å². The van der Waals surface area contributed by atoms with Gasteiger partial charge >= 0.3 is 0 Å². The van der Waals surface area contributed by atoms with E-state index < -0.39 is 6.10 Å². The lowest BCUT2D eigenvalue weighted by atomic mass is 10.3. The minimum Gasteiger partial charge on any atom is -0.490 e. The Labute approximate surface area is 113 Å². The number of methoxy groups -OCH3 is 2. The molecule has 19 heavy (non-hydrogen) atoms. The van der Waals surface area contributed by atoms with Crippen molar-refractivity contribution in [1.82, 2.24) is 9.97 Å². The van der Waals surface area contributed by atoms with Crippen molar-refractivity contribution >= 4 is 11.6 Å². The number of nitrogens with zero attached hydrogens (tertiary/aromatic N) is 3. The minimum atomic E-state index is -0.586. The minimum absolute atomic E-state index is 0.276. The number of ether oxygens (including phenoxy) is 2. The van der Waals surface area contributed by atoms with Crippen molar-refractivity contribution < 1.29 is 14.6 Å². The normalized spacial score (nSPS) is 12.1. The predicted molar refractivity (Wildman–Crippen MR) is 73.9 cm³/mol. The molecule has 1 atom stereocenters. The number of hydrogen-bond donors (Lipinski definition) is 2. The molecule has 0 aromatic carbocycles. The van der Waals surface area contributed by atoms with Gasteiger partial charge in [0.1, 0.15) is 6.33 Å². The van der Waals surface area contributed by atoms with Gasteiger partial charge in [-0.2, -0.15) is 0 Å². The van der Waals surface area contributed by atoms with Crippen molar-refractivity contribution in [2.75, 3.05) is 51.2 Å². The van der Waals surface area contributed by atoms with Crippen molar-refractivity contribution in [2.45, 2.75) is 13.0 Å². The quantitative estimate of drug-likeness (QED) is 0.706. The van der Waals surface area contributed by atoms with Crippen LogP contribution in [0, 0.1) is 0 Å². The molecule has 0 radical (unpaired) electrons. The Balaban J connectivity index is 2.89. The number of rotatable bonds is 8. The highest BCUT2D eigenvalue weighted by atomic mass is 16.5. The van der Waals surface area contributed by atoms with E-state index in [2.05, 4.69) is 15.3 Å². The van der Waals surface area contributed by atoms with E-state index in [0.29, 0.717) is 23.9 Å².